The van der Waals surface area contributed by atoms with Crippen LogP contribution in [-0.4, -0.2) is 34.7 Å². The van der Waals surface area contributed by atoms with Gasteiger partial charge in [0, 0.05) is 6.20 Å². The Hall–Kier alpha value is -1.35. The van der Waals surface area contributed by atoms with Crippen LogP contribution in [0.1, 0.15) is 6.92 Å². The highest BCUT2D eigenvalue weighted by atomic mass is 32.1. The highest BCUT2D eigenvalue weighted by molar-refractivity contribution is 7.80. The Bertz CT molecular complexity index is 383. The van der Waals surface area contributed by atoms with Crippen LogP contribution in [0.15, 0.2) is 11.8 Å². The summed E-state index contributed by atoms with van der Waals surface area (Å²) in [7, 11) is 0. The fourth-order valence-electron chi connectivity index (χ4n) is 1.15. The van der Waals surface area contributed by atoms with E-state index < -0.39 is 28.6 Å². The molecule has 96 valence electrons. The van der Waals surface area contributed by atoms with Gasteiger partial charge in [0.25, 0.3) is 5.72 Å². The number of hydrogen-bond acceptors (Lipinski definition) is 4. The first-order chi connectivity index (χ1) is 7.72. The Morgan fingerprint density at radius 1 is 1.65 bits per heavy atom. The number of aliphatic hydroxyl groups is 1. The molecule has 0 spiro atoms. The monoisotopic (exact) mass is 270 g/mol. The van der Waals surface area contributed by atoms with Crippen molar-refractivity contribution in [3.05, 3.63) is 11.8 Å². The lowest BCUT2D eigenvalue weighted by Crippen LogP contribution is -2.65. The first-order valence-electron chi connectivity index (χ1n) is 4.48. The number of rotatable bonds is 2. The molecule has 1 aliphatic heterocycles. The van der Waals surface area contributed by atoms with Crippen LogP contribution in [-0.2, 0) is 9.53 Å². The van der Waals surface area contributed by atoms with E-state index in [9.17, 15) is 23.1 Å². The SMILES string of the molecule is CCOC(=O)C1=CNC(=S)NC1(O)C(F)(F)F. The minimum Gasteiger partial charge on any atom is -0.462 e. The molecule has 0 saturated carbocycles. The van der Waals surface area contributed by atoms with Gasteiger partial charge in [-0.2, -0.15) is 13.2 Å². The largest absolute Gasteiger partial charge is 0.462 e. The number of halogens is 3. The van der Waals surface area contributed by atoms with Gasteiger partial charge in [-0.05, 0) is 19.1 Å². The molecule has 0 fully saturated rings. The quantitative estimate of drug-likeness (QED) is 0.490. The fraction of sp³-hybridized carbons (Fsp3) is 0.500. The lowest BCUT2D eigenvalue weighted by atomic mass is 10.0. The molecule has 17 heavy (non-hydrogen) atoms. The number of carbonyl (C=O) groups is 1. The number of nitrogens with one attached hydrogen (secondary N) is 2. The average molecular weight is 270 g/mol. The molecule has 0 saturated heterocycles. The molecule has 9 heteroatoms. The molecular formula is C8H9F3N2O3S. The first kappa shape index (κ1) is 13.7. The molecule has 0 radical (unpaired) electrons. The van der Waals surface area contributed by atoms with E-state index in [-0.39, 0.29) is 6.61 Å². The highest BCUT2D eigenvalue weighted by Gasteiger charge is 2.60. The number of carbonyl (C=O) groups excluding carboxylic acids is 1. The molecule has 0 bridgehead atoms. The molecule has 0 amide bonds. The normalized spacial score (nSPS) is 24.5. The van der Waals surface area contributed by atoms with Crippen molar-refractivity contribution < 1.29 is 27.8 Å². The zero-order valence-electron chi connectivity index (χ0n) is 8.59. The Morgan fingerprint density at radius 2 is 2.24 bits per heavy atom. The summed E-state index contributed by atoms with van der Waals surface area (Å²) in [5.41, 5.74) is -4.54. The summed E-state index contributed by atoms with van der Waals surface area (Å²) in [6, 6.07) is 0. The van der Waals surface area contributed by atoms with Crippen molar-refractivity contribution >= 4 is 23.3 Å². The van der Waals surface area contributed by atoms with Gasteiger partial charge in [0.2, 0.25) is 0 Å². The standard InChI is InChI=1S/C8H9F3N2O3S/c1-2-16-5(14)4-3-12-6(17)13-7(4,15)8(9,10)11/h3,15H,2H2,1H3,(H2,12,13,17). The zero-order chi connectivity index (χ0) is 13.3. The van der Waals surface area contributed by atoms with Crippen LogP contribution in [0, 0.1) is 0 Å². The fourth-order valence-corrected chi connectivity index (χ4v) is 1.36. The van der Waals surface area contributed by atoms with Crippen molar-refractivity contribution in [1.29, 1.82) is 0 Å². The molecule has 1 heterocycles. The molecule has 0 aromatic carbocycles. The van der Waals surface area contributed by atoms with Crippen molar-refractivity contribution in [2.45, 2.75) is 18.8 Å². The van der Waals surface area contributed by atoms with Crippen molar-refractivity contribution in [1.82, 2.24) is 10.6 Å². The maximum atomic E-state index is 12.7. The summed E-state index contributed by atoms with van der Waals surface area (Å²) in [6.45, 7) is 1.31. The molecule has 0 aromatic heterocycles. The van der Waals surface area contributed by atoms with Crippen LogP contribution in [0.2, 0.25) is 0 Å². The molecule has 1 atom stereocenters. The molecule has 3 N–H and O–H groups in total. The maximum absolute atomic E-state index is 12.7. The molecular weight excluding hydrogens is 261 g/mol. The smallest absolute Gasteiger partial charge is 0.441 e. The van der Waals surface area contributed by atoms with E-state index in [1.54, 1.807) is 5.32 Å². The second-order valence-electron chi connectivity index (χ2n) is 3.09. The number of esters is 1. The molecule has 1 unspecified atom stereocenters. The third-order valence-corrected chi connectivity index (χ3v) is 2.16. The molecule has 1 aliphatic rings. The Labute approximate surface area is 99.6 Å². The van der Waals surface area contributed by atoms with Gasteiger partial charge < -0.3 is 20.5 Å². The van der Waals surface area contributed by atoms with E-state index in [1.807, 2.05) is 0 Å². The van der Waals surface area contributed by atoms with E-state index in [1.165, 1.54) is 6.92 Å². The first-order valence-corrected chi connectivity index (χ1v) is 4.88. The lowest BCUT2D eigenvalue weighted by Gasteiger charge is -2.35. The average Bonchev–Trinajstić information content (AvgIpc) is 2.15. The summed E-state index contributed by atoms with van der Waals surface area (Å²) in [6.07, 6.45) is -4.44. The van der Waals surface area contributed by atoms with Crippen molar-refractivity contribution in [3.63, 3.8) is 0 Å². The van der Waals surface area contributed by atoms with E-state index in [2.05, 4.69) is 22.3 Å². The topological polar surface area (TPSA) is 70.6 Å². The number of alkyl halides is 3. The second kappa shape index (κ2) is 4.49. The predicted molar refractivity (Wildman–Crippen MR) is 54.6 cm³/mol. The van der Waals surface area contributed by atoms with Crippen LogP contribution in [0.4, 0.5) is 13.2 Å². The zero-order valence-corrected chi connectivity index (χ0v) is 9.41. The second-order valence-corrected chi connectivity index (χ2v) is 3.49. The maximum Gasteiger partial charge on any atom is 0.441 e. The van der Waals surface area contributed by atoms with Gasteiger partial charge in [-0.25, -0.2) is 4.79 Å². The van der Waals surface area contributed by atoms with Gasteiger partial charge in [-0.1, -0.05) is 0 Å². The van der Waals surface area contributed by atoms with Crippen molar-refractivity contribution in [2.75, 3.05) is 6.61 Å². The number of thiocarbonyl (C=S) groups is 1. The minimum atomic E-state index is -5.11. The number of ether oxygens (including phenoxy) is 1. The summed E-state index contributed by atoms with van der Waals surface area (Å²) in [5, 5.41) is 12.9. The highest BCUT2D eigenvalue weighted by Crippen LogP contribution is 2.35. The summed E-state index contributed by atoms with van der Waals surface area (Å²) in [4.78, 5) is 11.3. The van der Waals surface area contributed by atoms with Gasteiger partial charge in [-0.15, -0.1) is 0 Å². The van der Waals surface area contributed by atoms with Crippen LogP contribution in [0.3, 0.4) is 0 Å². The van der Waals surface area contributed by atoms with E-state index in [0.29, 0.717) is 6.20 Å². The minimum absolute atomic E-state index is 0.117. The van der Waals surface area contributed by atoms with Gasteiger partial charge in [-0.3, -0.25) is 0 Å². The summed E-state index contributed by atoms with van der Waals surface area (Å²) in [5.74, 6) is -1.28. The molecule has 0 aromatic rings. The Kier molecular flexibility index (Phi) is 3.62. The van der Waals surface area contributed by atoms with E-state index in [4.69, 9.17) is 0 Å². The van der Waals surface area contributed by atoms with E-state index >= 15 is 0 Å². The molecule has 0 aliphatic carbocycles. The van der Waals surface area contributed by atoms with Gasteiger partial charge in [0.1, 0.15) is 5.57 Å². The van der Waals surface area contributed by atoms with E-state index in [0.717, 1.165) is 0 Å². The van der Waals surface area contributed by atoms with Gasteiger partial charge >= 0.3 is 12.1 Å². The van der Waals surface area contributed by atoms with Gasteiger partial charge in [0.15, 0.2) is 5.11 Å². The van der Waals surface area contributed by atoms with Crippen LogP contribution >= 0.6 is 12.2 Å². The number of hydrogen-bond donors (Lipinski definition) is 3. The van der Waals surface area contributed by atoms with Crippen molar-refractivity contribution in [2.24, 2.45) is 0 Å². The van der Waals surface area contributed by atoms with Crippen LogP contribution in [0.25, 0.3) is 0 Å². The molecule has 1 rings (SSSR count). The van der Waals surface area contributed by atoms with Crippen LogP contribution in [0.5, 0.6) is 0 Å². The van der Waals surface area contributed by atoms with Gasteiger partial charge in [0.05, 0.1) is 6.61 Å². The third-order valence-electron chi connectivity index (χ3n) is 1.94. The Balaban J connectivity index is 3.15. The summed E-state index contributed by atoms with van der Waals surface area (Å²) >= 11 is 4.45. The summed E-state index contributed by atoms with van der Waals surface area (Å²) < 4.78 is 42.5. The van der Waals surface area contributed by atoms with Crippen LogP contribution < -0.4 is 10.6 Å². The van der Waals surface area contributed by atoms with Crippen molar-refractivity contribution in [3.8, 4) is 0 Å². The predicted octanol–water partition coefficient (Wildman–Crippen LogP) is 0.162. The third kappa shape index (κ3) is 2.50. The molecule has 5 nitrogen and oxygen atoms in total. The Morgan fingerprint density at radius 3 is 2.71 bits per heavy atom. The lowest BCUT2D eigenvalue weighted by molar-refractivity contribution is -0.252.